The van der Waals surface area contributed by atoms with Crippen LogP contribution in [0.5, 0.6) is 0 Å². The number of likely N-dealkylation sites (tertiary alicyclic amines) is 1. The van der Waals surface area contributed by atoms with Crippen LogP contribution < -0.4 is 16.4 Å². The van der Waals surface area contributed by atoms with Crippen LogP contribution in [0.1, 0.15) is 87.3 Å². The Labute approximate surface area is 290 Å². The lowest BCUT2D eigenvalue weighted by Gasteiger charge is -2.35. The van der Waals surface area contributed by atoms with Gasteiger partial charge in [-0.05, 0) is 55.5 Å². The average molecular weight is 690 g/mol. The van der Waals surface area contributed by atoms with E-state index in [2.05, 4.69) is 20.9 Å². The number of nitrogens with zero attached hydrogens (tertiary/aromatic N) is 4. The number of aromatic nitrogens is 3. The molecular weight excluding hydrogens is 642 g/mol. The van der Waals surface area contributed by atoms with Crippen molar-refractivity contribution in [2.45, 2.75) is 101 Å². The maximum absolute atomic E-state index is 14.8. The number of nitrogens with one attached hydrogen (secondary N) is 2. The summed E-state index contributed by atoms with van der Waals surface area (Å²) in [5, 5.41) is 37.6. The first-order valence-corrected chi connectivity index (χ1v) is 17.5. The molecule has 0 spiro atoms. The van der Waals surface area contributed by atoms with Gasteiger partial charge in [0.1, 0.15) is 23.2 Å². The molecule has 0 bridgehead atoms. The van der Waals surface area contributed by atoms with Crippen molar-refractivity contribution in [2.24, 2.45) is 11.7 Å². The Morgan fingerprint density at radius 2 is 1.84 bits per heavy atom. The topological polar surface area (TPSA) is 202 Å². The number of amides is 4. The van der Waals surface area contributed by atoms with Gasteiger partial charge in [0, 0.05) is 25.1 Å². The molecule has 1 aromatic heterocycles. The van der Waals surface area contributed by atoms with Crippen molar-refractivity contribution < 1.29 is 34.1 Å². The maximum Gasteiger partial charge on any atom is 0.251 e. The Balaban J connectivity index is 1.32. The van der Waals surface area contributed by atoms with Gasteiger partial charge in [-0.3, -0.25) is 19.2 Å². The first-order valence-electron chi connectivity index (χ1n) is 17.5. The predicted molar refractivity (Wildman–Crippen MR) is 182 cm³/mol. The van der Waals surface area contributed by atoms with Gasteiger partial charge in [-0.15, -0.1) is 5.10 Å². The molecule has 14 heteroatoms. The quantitative estimate of drug-likeness (QED) is 0.199. The Kier molecular flexibility index (Phi) is 10.2. The minimum Gasteiger partial charge on any atom is -0.384 e. The molecule has 3 aromatic rings. The largest absolute Gasteiger partial charge is 0.384 e. The molecule has 3 unspecified atom stereocenters. The van der Waals surface area contributed by atoms with E-state index in [-0.39, 0.29) is 38.5 Å². The van der Waals surface area contributed by atoms with Crippen molar-refractivity contribution in [3.8, 4) is 0 Å². The number of aliphatic hydroxyl groups excluding tert-OH is 1. The van der Waals surface area contributed by atoms with Crippen LogP contribution in [0, 0.1) is 5.92 Å². The number of rotatable bonds is 11. The second kappa shape index (κ2) is 14.4. The Morgan fingerprint density at radius 3 is 2.52 bits per heavy atom. The standard InChI is InChI=1S/C36H47N7O7/c1-35(2,49)29-19-38-41-43(29)26-18-28(33(47)40-36(14-15-50-21-36)30(44)31(37)45)42(20-26)34(48)27(16-22-8-4-3-5-9-22)39-32(46)25-13-12-23-10-6-7-11-24(23)17-25/h6-7,10-13,17,19,22,26-28,30,44,49H,3-5,8-9,14-16,18,20-21H2,1-2H3,(H2,37,45)(H,39,46)(H,40,47)/t26-,27?,28-,30?,36?/m0/s1. The fourth-order valence-electron chi connectivity index (χ4n) is 7.75. The second-order valence-corrected chi connectivity index (χ2v) is 14.6. The van der Waals surface area contributed by atoms with Gasteiger partial charge in [0.15, 0.2) is 6.10 Å². The van der Waals surface area contributed by atoms with Gasteiger partial charge in [0.05, 0.1) is 24.5 Å². The predicted octanol–water partition coefficient (Wildman–Crippen LogP) is 1.69. The van der Waals surface area contributed by atoms with Crippen LogP contribution in [-0.2, 0) is 24.7 Å². The summed E-state index contributed by atoms with van der Waals surface area (Å²) >= 11 is 0. The van der Waals surface area contributed by atoms with Gasteiger partial charge in [-0.2, -0.15) is 0 Å². The zero-order valence-electron chi connectivity index (χ0n) is 28.6. The van der Waals surface area contributed by atoms with E-state index in [1.807, 2.05) is 30.3 Å². The van der Waals surface area contributed by atoms with E-state index in [9.17, 15) is 29.4 Å². The Bertz CT molecular complexity index is 1720. The molecule has 3 heterocycles. The lowest BCUT2D eigenvalue weighted by molar-refractivity contribution is -0.143. The van der Waals surface area contributed by atoms with Crippen molar-refractivity contribution >= 4 is 34.4 Å². The summed E-state index contributed by atoms with van der Waals surface area (Å²) in [4.78, 5) is 56.3. The molecule has 14 nitrogen and oxygen atoms in total. The summed E-state index contributed by atoms with van der Waals surface area (Å²) in [5.74, 6) is -2.22. The fraction of sp³-hybridized carbons (Fsp3) is 0.556. The highest BCUT2D eigenvalue weighted by molar-refractivity contribution is 6.01. The van der Waals surface area contributed by atoms with Crippen LogP contribution in [0.15, 0.2) is 48.7 Å². The van der Waals surface area contributed by atoms with Crippen LogP contribution in [0.4, 0.5) is 0 Å². The van der Waals surface area contributed by atoms with Gasteiger partial charge in [0.25, 0.3) is 5.91 Å². The van der Waals surface area contributed by atoms with Crippen LogP contribution in [0.25, 0.3) is 10.8 Å². The third kappa shape index (κ3) is 7.37. The van der Waals surface area contributed by atoms with E-state index in [1.54, 1.807) is 26.0 Å². The Morgan fingerprint density at radius 1 is 1.10 bits per heavy atom. The molecule has 3 aliphatic rings. The number of carbonyl (C=O) groups excluding carboxylic acids is 4. The highest BCUT2D eigenvalue weighted by Crippen LogP contribution is 2.34. The van der Waals surface area contributed by atoms with Gasteiger partial charge in [-0.1, -0.05) is 67.6 Å². The van der Waals surface area contributed by atoms with E-state index in [0.717, 1.165) is 42.9 Å². The molecule has 6 rings (SSSR count). The average Bonchev–Trinajstić information content (AvgIpc) is 3.88. The molecule has 268 valence electrons. The van der Waals surface area contributed by atoms with Crippen LogP contribution in [0.3, 0.4) is 0 Å². The number of carbonyl (C=O) groups is 4. The van der Waals surface area contributed by atoms with Crippen molar-refractivity contribution in [3.05, 3.63) is 59.9 Å². The van der Waals surface area contributed by atoms with Crippen molar-refractivity contribution in [1.82, 2.24) is 30.5 Å². The summed E-state index contributed by atoms with van der Waals surface area (Å²) in [5.41, 5.74) is 3.51. The third-order valence-corrected chi connectivity index (χ3v) is 10.5. The number of primary amides is 1. The number of nitrogens with two attached hydrogens (primary N) is 1. The highest BCUT2D eigenvalue weighted by Gasteiger charge is 2.50. The fourth-order valence-corrected chi connectivity index (χ4v) is 7.75. The number of aliphatic hydroxyl groups is 2. The summed E-state index contributed by atoms with van der Waals surface area (Å²) in [6, 6.07) is 10.6. The third-order valence-electron chi connectivity index (χ3n) is 10.5. The van der Waals surface area contributed by atoms with E-state index in [4.69, 9.17) is 10.5 Å². The molecule has 2 aliphatic heterocycles. The molecule has 6 N–H and O–H groups in total. The monoisotopic (exact) mass is 689 g/mol. The molecule has 4 amide bonds. The Hall–Kier alpha value is -4.40. The molecule has 2 aromatic carbocycles. The van der Waals surface area contributed by atoms with Gasteiger partial charge < -0.3 is 36.2 Å². The number of fused-ring (bicyclic) bond motifs is 1. The summed E-state index contributed by atoms with van der Waals surface area (Å²) in [6.45, 7) is 3.30. The molecule has 3 fully saturated rings. The number of hydrogen-bond acceptors (Lipinski definition) is 9. The molecular formula is C36H47N7O7. The number of ether oxygens (including phenoxy) is 1. The summed E-state index contributed by atoms with van der Waals surface area (Å²) < 4.78 is 7.01. The van der Waals surface area contributed by atoms with Crippen LogP contribution >= 0.6 is 0 Å². The molecule has 1 saturated carbocycles. The molecule has 5 atom stereocenters. The summed E-state index contributed by atoms with van der Waals surface area (Å²) in [7, 11) is 0. The molecule has 0 radical (unpaired) electrons. The molecule has 1 aliphatic carbocycles. The smallest absolute Gasteiger partial charge is 0.251 e. The second-order valence-electron chi connectivity index (χ2n) is 14.6. The van der Waals surface area contributed by atoms with Crippen LogP contribution in [0.2, 0.25) is 0 Å². The molecule has 2 saturated heterocycles. The van der Waals surface area contributed by atoms with Crippen molar-refractivity contribution in [2.75, 3.05) is 19.8 Å². The van der Waals surface area contributed by atoms with E-state index >= 15 is 0 Å². The van der Waals surface area contributed by atoms with Crippen molar-refractivity contribution in [1.29, 1.82) is 0 Å². The van der Waals surface area contributed by atoms with Crippen LogP contribution in [-0.4, -0.2) is 97.2 Å². The van der Waals surface area contributed by atoms with Gasteiger partial charge in [-0.25, -0.2) is 4.68 Å². The zero-order valence-corrected chi connectivity index (χ0v) is 28.6. The number of benzene rings is 2. The highest BCUT2D eigenvalue weighted by atomic mass is 16.5. The SMILES string of the molecule is CC(C)(O)c1cnnn1[C@H]1C[C@@H](C(=O)NC2(C(O)C(N)=O)CCOC2)N(C(=O)C(CC2CCCCC2)NC(=O)c2ccc3ccccc3c2)C1. The van der Waals surface area contributed by atoms with E-state index in [1.165, 1.54) is 15.8 Å². The summed E-state index contributed by atoms with van der Waals surface area (Å²) in [6.07, 6.45) is 5.46. The maximum atomic E-state index is 14.8. The minimum atomic E-state index is -1.72. The minimum absolute atomic E-state index is 0.0399. The lowest BCUT2D eigenvalue weighted by atomic mass is 9.84. The first kappa shape index (κ1) is 35.4. The lowest BCUT2D eigenvalue weighted by Crippen LogP contribution is -2.64. The first-order chi connectivity index (χ1) is 23.9. The van der Waals surface area contributed by atoms with Crippen molar-refractivity contribution in [3.63, 3.8) is 0 Å². The number of hydrogen-bond donors (Lipinski definition) is 5. The van der Waals surface area contributed by atoms with Gasteiger partial charge in [0.2, 0.25) is 17.7 Å². The zero-order chi connectivity index (χ0) is 35.6. The molecule has 50 heavy (non-hydrogen) atoms. The van der Waals surface area contributed by atoms with E-state index in [0.29, 0.717) is 17.7 Å². The normalized spacial score (nSPS) is 24.2. The van der Waals surface area contributed by atoms with E-state index < -0.39 is 59.0 Å². The van der Waals surface area contributed by atoms with Gasteiger partial charge >= 0.3 is 0 Å².